The fourth-order valence-corrected chi connectivity index (χ4v) is 4.72. The number of fused-ring (bicyclic) bond motifs is 1. The second kappa shape index (κ2) is 10.1. The SMILES string of the molecule is CSc1nccc(Oc2ccc3c(N)c(-c4ccc(NC(=O)OC(C)C)cc4)n(C4CCC4)c3c2)n1. The predicted molar refractivity (Wildman–Crippen MR) is 144 cm³/mol. The number of ether oxygens (including phenoxy) is 2. The van der Waals surface area contributed by atoms with Crippen LogP contribution < -0.4 is 15.8 Å². The van der Waals surface area contributed by atoms with Crippen LogP contribution in [0.2, 0.25) is 0 Å². The third kappa shape index (κ3) is 4.83. The molecule has 8 nitrogen and oxygen atoms in total. The molecule has 3 N–H and O–H groups in total. The van der Waals surface area contributed by atoms with Gasteiger partial charge in [-0.05, 0) is 63.6 Å². The monoisotopic (exact) mass is 503 g/mol. The molecule has 0 radical (unpaired) electrons. The Hall–Kier alpha value is -3.72. The molecule has 0 unspecified atom stereocenters. The van der Waals surface area contributed by atoms with Crippen molar-refractivity contribution in [2.45, 2.75) is 50.4 Å². The predicted octanol–water partition coefficient (Wildman–Crippen LogP) is 6.88. The van der Waals surface area contributed by atoms with Gasteiger partial charge < -0.3 is 19.8 Å². The van der Waals surface area contributed by atoms with Gasteiger partial charge in [-0.3, -0.25) is 5.32 Å². The van der Waals surface area contributed by atoms with Crippen molar-refractivity contribution in [1.82, 2.24) is 14.5 Å². The van der Waals surface area contributed by atoms with E-state index in [1.54, 1.807) is 12.3 Å². The summed E-state index contributed by atoms with van der Waals surface area (Å²) < 4.78 is 13.6. The molecule has 2 heterocycles. The molecule has 2 aromatic heterocycles. The normalized spacial score (nSPS) is 13.6. The van der Waals surface area contributed by atoms with Crippen molar-refractivity contribution in [3.8, 4) is 22.9 Å². The highest BCUT2D eigenvalue weighted by Gasteiger charge is 2.27. The fourth-order valence-electron chi connectivity index (χ4n) is 4.37. The van der Waals surface area contributed by atoms with Gasteiger partial charge in [0.25, 0.3) is 0 Å². The number of benzene rings is 2. The minimum Gasteiger partial charge on any atom is -0.447 e. The summed E-state index contributed by atoms with van der Waals surface area (Å²) >= 11 is 1.47. The summed E-state index contributed by atoms with van der Waals surface area (Å²) in [6, 6.07) is 15.8. The average Bonchev–Trinajstić information content (AvgIpc) is 3.09. The van der Waals surface area contributed by atoms with Gasteiger partial charge >= 0.3 is 6.09 Å². The summed E-state index contributed by atoms with van der Waals surface area (Å²) in [6.07, 6.45) is 6.37. The lowest BCUT2D eigenvalue weighted by atomic mass is 9.92. The Morgan fingerprint density at radius 2 is 1.94 bits per heavy atom. The van der Waals surface area contributed by atoms with E-state index in [1.807, 2.05) is 62.6 Å². The van der Waals surface area contributed by atoms with E-state index in [0.29, 0.717) is 28.5 Å². The number of nitrogens with zero attached hydrogens (tertiary/aromatic N) is 3. The van der Waals surface area contributed by atoms with Crippen LogP contribution in [0.25, 0.3) is 22.2 Å². The average molecular weight is 504 g/mol. The van der Waals surface area contributed by atoms with Gasteiger partial charge in [0.15, 0.2) is 5.16 Å². The Kier molecular flexibility index (Phi) is 6.73. The summed E-state index contributed by atoms with van der Waals surface area (Å²) in [4.78, 5) is 20.6. The molecule has 0 saturated heterocycles. The van der Waals surface area contributed by atoms with E-state index in [1.165, 1.54) is 18.2 Å². The van der Waals surface area contributed by atoms with Crippen molar-refractivity contribution in [2.75, 3.05) is 17.3 Å². The third-order valence-corrected chi connectivity index (χ3v) is 6.78. The minimum absolute atomic E-state index is 0.182. The number of hydrogen-bond acceptors (Lipinski definition) is 7. The van der Waals surface area contributed by atoms with Crippen LogP contribution in [-0.4, -0.2) is 33.0 Å². The standard InChI is InChI=1S/C27H29N5O3S/c1-16(2)34-27(33)30-18-9-7-17(8-10-18)25-24(28)21-12-11-20(15-22(21)32(25)19-5-4-6-19)35-23-13-14-29-26(31-23)36-3/h7-16,19H,4-6,28H2,1-3H3,(H,30,33). The summed E-state index contributed by atoms with van der Waals surface area (Å²) in [7, 11) is 0. The highest BCUT2D eigenvalue weighted by atomic mass is 32.2. The van der Waals surface area contributed by atoms with Crippen molar-refractivity contribution in [3.05, 3.63) is 54.7 Å². The number of amides is 1. The van der Waals surface area contributed by atoms with Gasteiger partial charge in [-0.1, -0.05) is 23.9 Å². The van der Waals surface area contributed by atoms with Crippen molar-refractivity contribution in [3.63, 3.8) is 0 Å². The summed E-state index contributed by atoms with van der Waals surface area (Å²) in [5, 5.41) is 4.41. The van der Waals surface area contributed by atoms with Gasteiger partial charge in [-0.15, -0.1) is 0 Å². The lowest BCUT2D eigenvalue weighted by Crippen LogP contribution is -2.18. The van der Waals surface area contributed by atoms with Gasteiger partial charge in [-0.25, -0.2) is 9.78 Å². The van der Waals surface area contributed by atoms with Gasteiger partial charge in [0.2, 0.25) is 5.88 Å². The molecule has 1 saturated carbocycles. The molecule has 1 fully saturated rings. The van der Waals surface area contributed by atoms with Crippen LogP contribution in [0.15, 0.2) is 59.9 Å². The molecule has 186 valence electrons. The molecule has 0 aliphatic heterocycles. The number of nitrogens with one attached hydrogen (secondary N) is 1. The van der Waals surface area contributed by atoms with Crippen LogP contribution >= 0.6 is 11.8 Å². The molecule has 0 atom stereocenters. The molecule has 1 amide bonds. The highest BCUT2D eigenvalue weighted by molar-refractivity contribution is 7.98. The quantitative estimate of drug-likeness (QED) is 0.209. The molecule has 4 aromatic rings. The number of carbonyl (C=O) groups is 1. The van der Waals surface area contributed by atoms with Crippen LogP contribution in [-0.2, 0) is 4.74 Å². The molecule has 0 bridgehead atoms. The van der Waals surface area contributed by atoms with E-state index in [-0.39, 0.29) is 6.10 Å². The Morgan fingerprint density at radius 3 is 2.61 bits per heavy atom. The number of nitrogen functional groups attached to an aromatic ring is 1. The number of hydrogen-bond donors (Lipinski definition) is 2. The molecule has 36 heavy (non-hydrogen) atoms. The smallest absolute Gasteiger partial charge is 0.411 e. The molecule has 5 rings (SSSR count). The molecular weight excluding hydrogens is 474 g/mol. The Bertz CT molecular complexity index is 1400. The first-order valence-electron chi connectivity index (χ1n) is 12.0. The van der Waals surface area contributed by atoms with E-state index in [2.05, 4.69) is 19.9 Å². The van der Waals surface area contributed by atoms with Gasteiger partial charge in [-0.2, -0.15) is 4.98 Å². The van der Waals surface area contributed by atoms with Crippen molar-refractivity contribution < 1.29 is 14.3 Å². The summed E-state index contributed by atoms with van der Waals surface area (Å²) in [5.74, 6) is 1.20. The molecule has 2 aromatic carbocycles. The van der Waals surface area contributed by atoms with E-state index in [9.17, 15) is 4.79 Å². The zero-order chi connectivity index (χ0) is 25.2. The maximum absolute atomic E-state index is 12.0. The number of rotatable bonds is 7. The first-order valence-corrected chi connectivity index (χ1v) is 13.2. The minimum atomic E-state index is -0.471. The van der Waals surface area contributed by atoms with E-state index >= 15 is 0 Å². The number of nitrogens with two attached hydrogens (primary N) is 1. The maximum Gasteiger partial charge on any atom is 0.411 e. The van der Waals surface area contributed by atoms with E-state index in [4.69, 9.17) is 15.2 Å². The van der Waals surface area contributed by atoms with Crippen LogP contribution in [0, 0.1) is 0 Å². The first-order chi connectivity index (χ1) is 17.4. The summed E-state index contributed by atoms with van der Waals surface area (Å²) in [6.45, 7) is 3.63. The fraction of sp³-hybridized carbons (Fsp3) is 0.296. The largest absolute Gasteiger partial charge is 0.447 e. The molecule has 1 aliphatic rings. The third-order valence-electron chi connectivity index (χ3n) is 6.22. The first kappa shape index (κ1) is 24.0. The number of aromatic nitrogens is 3. The van der Waals surface area contributed by atoms with Crippen LogP contribution in [0.3, 0.4) is 0 Å². The number of carbonyl (C=O) groups excluding carboxylic acids is 1. The van der Waals surface area contributed by atoms with E-state index < -0.39 is 6.09 Å². The molecular formula is C27H29N5O3S. The Morgan fingerprint density at radius 1 is 1.17 bits per heavy atom. The number of anilines is 2. The second-order valence-electron chi connectivity index (χ2n) is 9.04. The lowest BCUT2D eigenvalue weighted by molar-refractivity contribution is 0.130. The van der Waals surface area contributed by atoms with E-state index in [0.717, 1.165) is 40.7 Å². The van der Waals surface area contributed by atoms with Gasteiger partial charge in [0.1, 0.15) is 5.75 Å². The van der Waals surface area contributed by atoms with Crippen molar-refractivity contribution in [1.29, 1.82) is 0 Å². The lowest BCUT2D eigenvalue weighted by Gasteiger charge is -2.30. The zero-order valence-corrected chi connectivity index (χ0v) is 21.3. The van der Waals surface area contributed by atoms with Crippen LogP contribution in [0.4, 0.5) is 16.2 Å². The summed E-state index contributed by atoms with van der Waals surface area (Å²) in [5.41, 5.74) is 11.1. The number of thioether (sulfide) groups is 1. The highest BCUT2D eigenvalue weighted by Crippen LogP contribution is 2.45. The zero-order valence-electron chi connectivity index (χ0n) is 20.5. The second-order valence-corrected chi connectivity index (χ2v) is 9.81. The van der Waals surface area contributed by atoms with Crippen LogP contribution in [0.1, 0.15) is 39.2 Å². The topological polar surface area (TPSA) is 104 Å². The Labute approximate surface area is 214 Å². The van der Waals surface area contributed by atoms with Crippen molar-refractivity contribution >= 4 is 40.1 Å². The Balaban J connectivity index is 1.50. The van der Waals surface area contributed by atoms with Crippen molar-refractivity contribution in [2.24, 2.45) is 0 Å². The molecule has 9 heteroatoms. The van der Waals surface area contributed by atoms with Gasteiger partial charge in [0, 0.05) is 41.0 Å². The molecule has 0 spiro atoms. The van der Waals surface area contributed by atoms with Gasteiger partial charge in [0.05, 0.1) is 23.0 Å². The van der Waals surface area contributed by atoms with Crippen LogP contribution in [0.5, 0.6) is 11.6 Å². The molecule has 1 aliphatic carbocycles. The maximum atomic E-state index is 12.0.